The lowest BCUT2D eigenvalue weighted by molar-refractivity contribution is -0.134. The monoisotopic (exact) mass is 347 g/mol. The van der Waals surface area contributed by atoms with E-state index in [1.165, 1.54) is 12.1 Å². The van der Waals surface area contributed by atoms with Gasteiger partial charge in [0.25, 0.3) is 5.91 Å². The third-order valence-electron chi connectivity index (χ3n) is 4.33. The van der Waals surface area contributed by atoms with Crippen molar-refractivity contribution in [3.63, 3.8) is 0 Å². The Morgan fingerprint density at radius 3 is 2.68 bits per heavy atom. The SMILES string of the molecule is CC(C)c1nnc(C2CCN(C(=O)COc3ccccc3F)CC2)o1. The normalized spacial score (nSPS) is 15.6. The lowest BCUT2D eigenvalue weighted by atomic mass is 9.97. The van der Waals surface area contributed by atoms with Crippen LogP contribution in [0.3, 0.4) is 0 Å². The first-order chi connectivity index (χ1) is 12.0. The molecule has 7 heteroatoms. The second kappa shape index (κ2) is 7.63. The molecule has 25 heavy (non-hydrogen) atoms. The Morgan fingerprint density at radius 2 is 2.04 bits per heavy atom. The minimum Gasteiger partial charge on any atom is -0.481 e. The minimum atomic E-state index is -0.466. The zero-order valence-corrected chi connectivity index (χ0v) is 14.4. The summed E-state index contributed by atoms with van der Waals surface area (Å²) in [5.41, 5.74) is 0. The molecule has 0 bridgehead atoms. The van der Waals surface area contributed by atoms with E-state index >= 15 is 0 Å². The molecule has 0 aliphatic carbocycles. The van der Waals surface area contributed by atoms with Crippen LogP contribution in [0.5, 0.6) is 5.75 Å². The molecule has 1 amide bonds. The molecule has 1 aromatic carbocycles. The first-order valence-corrected chi connectivity index (χ1v) is 8.53. The maximum atomic E-state index is 13.5. The number of para-hydroxylation sites is 1. The maximum Gasteiger partial charge on any atom is 0.260 e. The van der Waals surface area contributed by atoms with Gasteiger partial charge in [-0.05, 0) is 25.0 Å². The topological polar surface area (TPSA) is 68.5 Å². The fourth-order valence-corrected chi connectivity index (χ4v) is 2.81. The largest absolute Gasteiger partial charge is 0.481 e. The first kappa shape index (κ1) is 17.4. The quantitative estimate of drug-likeness (QED) is 0.831. The number of nitrogens with zero attached hydrogens (tertiary/aromatic N) is 3. The molecule has 134 valence electrons. The number of piperidine rings is 1. The lowest BCUT2D eigenvalue weighted by Crippen LogP contribution is -2.40. The first-order valence-electron chi connectivity index (χ1n) is 8.53. The van der Waals surface area contributed by atoms with Crippen LogP contribution in [0.2, 0.25) is 0 Å². The van der Waals surface area contributed by atoms with Gasteiger partial charge in [-0.3, -0.25) is 4.79 Å². The number of rotatable bonds is 5. The van der Waals surface area contributed by atoms with Gasteiger partial charge >= 0.3 is 0 Å². The number of aromatic nitrogens is 2. The molecule has 0 N–H and O–H groups in total. The van der Waals surface area contributed by atoms with Crippen molar-refractivity contribution in [1.82, 2.24) is 15.1 Å². The van der Waals surface area contributed by atoms with Crippen molar-refractivity contribution in [2.75, 3.05) is 19.7 Å². The predicted molar refractivity (Wildman–Crippen MR) is 88.8 cm³/mol. The van der Waals surface area contributed by atoms with E-state index in [1.54, 1.807) is 17.0 Å². The van der Waals surface area contributed by atoms with Gasteiger partial charge in [-0.25, -0.2) is 4.39 Å². The van der Waals surface area contributed by atoms with Crippen LogP contribution >= 0.6 is 0 Å². The average molecular weight is 347 g/mol. The number of amides is 1. The van der Waals surface area contributed by atoms with Crippen LogP contribution in [0.15, 0.2) is 28.7 Å². The molecule has 0 radical (unpaired) electrons. The molecular formula is C18H22FN3O3. The van der Waals surface area contributed by atoms with Crippen LogP contribution in [0.25, 0.3) is 0 Å². The zero-order chi connectivity index (χ0) is 17.8. The van der Waals surface area contributed by atoms with Gasteiger partial charge in [0.2, 0.25) is 11.8 Å². The molecule has 3 rings (SSSR count). The molecule has 2 aromatic rings. The van der Waals surface area contributed by atoms with Gasteiger partial charge in [0.05, 0.1) is 0 Å². The summed E-state index contributed by atoms with van der Waals surface area (Å²) < 4.78 is 24.5. The van der Waals surface area contributed by atoms with Crippen molar-refractivity contribution >= 4 is 5.91 Å². The number of hydrogen-bond donors (Lipinski definition) is 0. The zero-order valence-electron chi connectivity index (χ0n) is 14.4. The van der Waals surface area contributed by atoms with E-state index in [9.17, 15) is 9.18 Å². The molecule has 1 aliphatic heterocycles. The highest BCUT2D eigenvalue weighted by atomic mass is 19.1. The van der Waals surface area contributed by atoms with Gasteiger partial charge in [0, 0.05) is 24.9 Å². The molecule has 2 heterocycles. The van der Waals surface area contributed by atoms with E-state index in [1.807, 2.05) is 13.8 Å². The second-order valence-electron chi connectivity index (χ2n) is 6.51. The van der Waals surface area contributed by atoms with Crippen LogP contribution in [-0.4, -0.2) is 40.7 Å². The lowest BCUT2D eigenvalue weighted by Gasteiger charge is -2.30. The summed E-state index contributed by atoms with van der Waals surface area (Å²) >= 11 is 0. The van der Waals surface area contributed by atoms with Crippen LogP contribution in [0.1, 0.15) is 50.3 Å². The minimum absolute atomic E-state index is 0.0952. The molecule has 1 aromatic heterocycles. The van der Waals surface area contributed by atoms with Crippen molar-refractivity contribution in [2.45, 2.75) is 38.5 Å². The van der Waals surface area contributed by atoms with Crippen molar-refractivity contribution in [3.05, 3.63) is 41.9 Å². The summed E-state index contributed by atoms with van der Waals surface area (Å²) in [6, 6.07) is 6.07. The predicted octanol–water partition coefficient (Wildman–Crippen LogP) is 3.12. The Hall–Kier alpha value is -2.44. The highest BCUT2D eigenvalue weighted by Gasteiger charge is 2.27. The van der Waals surface area contributed by atoms with E-state index in [0.717, 1.165) is 12.8 Å². The van der Waals surface area contributed by atoms with Crippen LogP contribution in [0.4, 0.5) is 4.39 Å². The highest BCUT2D eigenvalue weighted by molar-refractivity contribution is 5.77. The van der Waals surface area contributed by atoms with Crippen LogP contribution in [0, 0.1) is 5.82 Å². The van der Waals surface area contributed by atoms with E-state index in [-0.39, 0.29) is 30.1 Å². The number of benzene rings is 1. The third kappa shape index (κ3) is 4.15. The molecule has 0 unspecified atom stereocenters. The van der Waals surface area contributed by atoms with Crippen LogP contribution < -0.4 is 4.74 Å². The molecule has 0 spiro atoms. The summed E-state index contributed by atoms with van der Waals surface area (Å²) in [5.74, 6) is 1.17. The molecule has 6 nitrogen and oxygen atoms in total. The summed E-state index contributed by atoms with van der Waals surface area (Å²) in [4.78, 5) is 14.0. The van der Waals surface area contributed by atoms with Crippen molar-refractivity contribution < 1.29 is 18.3 Å². The third-order valence-corrected chi connectivity index (χ3v) is 4.33. The fourth-order valence-electron chi connectivity index (χ4n) is 2.81. The molecule has 1 aliphatic rings. The number of carbonyl (C=O) groups is 1. The van der Waals surface area contributed by atoms with E-state index < -0.39 is 5.82 Å². The van der Waals surface area contributed by atoms with E-state index in [2.05, 4.69) is 10.2 Å². The van der Waals surface area contributed by atoms with Crippen LogP contribution in [-0.2, 0) is 4.79 Å². The number of halogens is 1. The average Bonchev–Trinajstić information content (AvgIpc) is 3.11. The van der Waals surface area contributed by atoms with Gasteiger partial charge in [0.15, 0.2) is 18.2 Å². The number of likely N-dealkylation sites (tertiary alicyclic amines) is 1. The molecule has 0 saturated carbocycles. The standard InChI is InChI=1S/C18H22FN3O3/c1-12(2)17-20-21-18(25-17)13-7-9-22(10-8-13)16(23)11-24-15-6-4-3-5-14(15)19/h3-6,12-13H,7-11H2,1-2H3. The Bertz CT molecular complexity index is 724. The van der Waals surface area contributed by atoms with Gasteiger partial charge in [-0.15, -0.1) is 10.2 Å². The van der Waals surface area contributed by atoms with Gasteiger partial charge in [-0.1, -0.05) is 26.0 Å². The van der Waals surface area contributed by atoms with Crippen molar-refractivity contribution in [2.24, 2.45) is 0 Å². The number of ether oxygens (including phenoxy) is 1. The molecule has 1 saturated heterocycles. The molecule has 1 fully saturated rings. The van der Waals surface area contributed by atoms with Crippen molar-refractivity contribution in [3.8, 4) is 5.75 Å². The Labute approximate surface area is 146 Å². The summed E-state index contributed by atoms with van der Waals surface area (Å²) in [6.07, 6.45) is 1.54. The van der Waals surface area contributed by atoms with Crippen molar-refractivity contribution in [1.29, 1.82) is 0 Å². The molecule has 0 atom stereocenters. The summed E-state index contributed by atoms with van der Waals surface area (Å²) in [6.45, 7) is 5.05. The Balaban J connectivity index is 1.49. The Morgan fingerprint density at radius 1 is 1.32 bits per heavy atom. The summed E-state index contributed by atoms with van der Waals surface area (Å²) in [7, 11) is 0. The number of hydrogen-bond acceptors (Lipinski definition) is 5. The maximum absolute atomic E-state index is 13.5. The van der Waals surface area contributed by atoms with E-state index in [4.69, 9.17) is 9.15 Å². The van der Waals surface area contributed by atoms with Gasteiger partial charge in [0.1, 0.15) is 0 Å². The molecular weight excluding hydrogens is 325 g/mol. The summed E-state index contributed by atoms with van der Waals surface area (Å²) in [5, 5.41) is 8.19. The van der Waals surface area contributed by atoms with E-state index in [0.29, 0.717) is 24.9 Å². The van der Waals surface area contributed by atoms with Gasteiger partial charge in [-0.2, -0.15) is 0 Å². The Kier molecular flexibility index (Phi) is 5.31. The van der Waals surface area contributed by atoms with Gasteiger partial charge < -0.3 is 14.1 Å². The highest BCUT2D eigenvalue weighted by Crippen LogP contribution is 2.28. The fraction of sp³-hybridized carbons (Fsp3) is 0.500. The second-order valence-corrected chi connectivity index (χ2v) is 6.51. The number of carbonyl (C=O) groups excluding carboxylic acids is 1. The smallest absolute Gasteiger partial charge is 0.260 e.